The van der Waals surface area contributed by atoms with Crippen LogP contribution < -0.4 is 5.32 Å². The molecule has 0 unspecified atom stereocenters. The van der Waals surface area contributed by atoms with Gasteiger partial charge in [-0.25, -0.2) is 13.8 Å². The normalized spacial score (nSPS) is 9.67. The largest absolute Gasteiger partial charge is 0.384 e. The van der Waals surface area contributed by atoms with E-state index >= 15 is 0 Å². The van der Waals surface area contributed by atoms with E-state index in [1.807, 2.05) is 0 Å². The summed E-state index contributed by atoms with van der Waals surface area (Å²) in [6.07, 6.45) is 1.35. The Morgan fingerprint density at radius 3 is 2.76 bits per heavy atom. The van der Waals surface area contributed by atoms with Gasteiger partial charge < -0.3 is 10.4 Å². The van der Waals surface area contributed by atoms with Crippen LogP contribution in [0.3, 0.4) is 0 Å². The van der Waals surface area contributed by atoms with Gasteiger partial charge in [0.15, 0.2) is 11.6 Å². The third-order valence-electron chi connectivity index (χ3n) is 2.51. The quantitative estimate of drug-likeness (QED) is 0.830. The summed E-state index contributed by atoms with van der Waals surface area (Å²) >= 11 is 0. The number of hydrogen-bond acceptors (Lipinski definition) is 3. The molecule has 106 valence electrons. The Balaban J connectivity index is 2.15. The summed E-state index contributed by atoms with van der Waals surface area (Å²) in [7, 11) is 0. The summed E-state index contributed by atoms with van der Waals surface area (Å²) in [4.78, 5) is 15.7. The number of nitrogens with zero attached hydrogens (tertiary/aromatic N) is 1. The van der Waals surface area contributed by atoms with Crippen LogP contribution in [-0.4, -0.2) is 22.6 Å². The number of aliphatic hydroxyl groups excluding tert-OH is 1. The number of amides is 1. The molecule has 0 saturated carbocycles. The van der Waals surface area contributed by atoms with Crippen LogP contribution in [0.15, 0.2) is 36.5 Å². The standard InChI is InChI=1S/C15H10F2N2O2/c16-11-4-1-5-12(14(11)17)19-15(21)13-7-6-10(9-18-13)3-2-8-20/h1,4-7,9,20H,8H2,(H,19,21). The maximum atomic E-state index is 13.4. The summed E-state index contributed by atoms with van der Waals surface area (Å²) in [5.74, 6) is 2.22. The molecular weight excluding hydrogens is 278 g/mol. The van der Waals surface area contributed by atoms with Gasteiger partial charge in [-0.1, -0.05) is 17.9 Å². The Labute approximate surface area is 119 Å². The molecule has 2 N–H and O–H groups in total. The van der Waals surface area contributed by atoms with Crippen molar-refractivity contribution in [1.29, 1.82) is 0 Å². The SMILES string of the molecule is O=C(Nc1cccc(F)c1F)c1ccc(C#CCO)cn1. The zero-order valence-corrected chi connectivity index (χ0v) is 10.7. The Hall–Kier alpha value is -2.78. The van der Waals surface area contributed by atoms with E-state index in [2.05, 4.69) is 22.1 Å². The van der Waals surface area contributed by atoms with Crippen molar-refractivity contribution >= 4 is 11.6 Å². The van der Waals surface area contributed by atoms with Crippen LogP contribution in [0.4, 0.5) is 14.5 Å². The van der Waals surface area contributed by atoms with E-state index in [1.54, 1.807) is 0 Å². The van der Waals surface area contributed by atoms with E-state index in [1.165, 1.54) is 30.5 Å². The van der Waals surface area contributed by atoms with E-state index in [0.717, 1.165) is 6.07 Å². The first kappa shape index (κ1) is 14.6. The monoisotopic (exact) mass is 288 g/mol. The molecule has 0 aliphatic rings. The third kappa shape index (κ3) is 3.61. The van der Waals surface area contributed by atoms with Gasteiger partial charge in [0.2, 0.25) is 0 Å². The van der Waals surface area contributed by atoms with Gasteiger partial charge >= 0.3 is 0 Å². The molecule has 0 spiro atoms. The fraction of sp³-hybridized carbons (Fsp3) is 0.0667. The number of aliphatic hydroxyl groups is 1. The van der Waals surface area contributed by atoms with Gasteiger partial charge in [0.25, 0.3) is 5.91 Å². The molecular formula is C15H10F2N2O2. The number of nitrogens with one attached hydrogen (secondary N) is 1. The van der Waals surface area contributed by atoms with Crippen LogP contribution in [-0.2, 0) is 0 Å². The molecule has 1 amide bonds. The smallest absolute Gasteiger partial charge is 0.274 e. The molecule has 4 nitrogen and oxygen atoms in total. The number of anilines is 1. The number of rotatable bonds is 2. The van der Waals surface area contributed by atoms with Crippen molar-refractivity contribution in [3.63, 3.8) is 0 Å². The van der Waals surface area contributed by atoms with Crippen molar-refractivity contribution in [2.45, 2.75) is 0 Å². The molecule has 2 rings (SSSR count). The molecule has 0 bridgehead atoms. The Morgan fingerprint density at radius 2 is 2.10 bits per heavy atom. The van der Waals surface area contributed by atoms with Crippen molar-refractivity contribution in [3.05, 3.63) is 59.4 Å². The zero-order chi connectivity index (χ0) is 15.2. The average Bonchev–Trinajstić information content (AvgIpc) is 2.50. The van der Waals surface area contributed by atoms with Gasteiger partial charge in [-0.3, -0.25) is 4.79 Å². The Morgan fingerprint density at radius 1 is 1.29 bits per heavy atom. The first-order valence-corrected chi connectivity index (χ1v) is 5.93. The summed E-state index contributed by atoms with van der Waals surface area (Å²) in [6.45, 7) is -0.277. The van der Waals surface area contributed by atoms with Crippen molar-refractivity contribution in [2.75, 3.05) is 11.9 Å². The number of hydrogen-bond donors (Lipinski definition) is 2. The van der Waals surface area contributed by atoms with Crippen molar-refractivity contribution in [3.8, 4) is 11.8 Å². The van der Waals surface area contributed by atoms with Crippen LogP contribution in [0.2, 0.25) is 0 Å². The maximum Gasteiger partial charge on any atom is 0.274 e. The van der Waals surface area contributed by atoms with Crippen LogP contribution >= 0.6 is 0 Å². The molecule has 0 fully saturated rings. The molecule has 0 saturated heterocycles. The molecule has 1 aromatic carbocycles. The van der Waals surface area contributed by atoms with Gasteiger partial charge in [0.05, 0.1) is 5.69 Å². The summed E-state index contributed by atoms with van der Waals surface area (Å²) in [5, 5.41) is 10.8. The van der Waals surface area contributed by atoms with E-state index in [-0.39, 0.29) is 18.0 Å². The lowest BCUT2D eigenvalue weighted by Gasteiger charge is -2.06. The fourth-order valence-corrected chi connectivity index (χ4v) is 1.53. The predicted molar refractivity (Wildman–Crippen MR) is 72.5 cm³/mol. The number of halogens is 2. The lowest BCUT2D eigenvalue weighted by atomic mass is 10.2. The van der Waals surface area contributed by atoms with Crippen molar-refractivity contribution in [2.24, 2.45) is 0 Å². The molecule has 6 heteroatoms. The predicted octanol–water partition coefficient (Wildman–Crippen LogP) is 1.96. The van der Waals surface area contributed by atoms with Gasteiger partial charge in [-0.2, -0.15) is 0 Å². The molecule has 1 heterocycles. The first-order chi connectivity index (χ1) is 10.1. The minimum Gasteiger partial charge on any atom is -0.384 e. The number of carbonyl (C=O) groups is 1. The van der Waals surface area contributed by atoms with Crippen LogP contribution in [0, 0.1) is 23.5 Å². The topological polar surface area (TPSA) is 62.2 Å². The van der Waals surface area contributed by atoms with Gasteiger partial charge in [-0.05, 0) is 24.3 Å². The third-order valence-corrected chi connectivity index (χ3v) is 2.51. The van der Waals surface area contributed by atoms with Crippen LogP contribution in [0.1, 0.15) is 16.1 Å². The summed E-state index contributed by atoms with van der Waals surface area (Å²) < 4.78 is 26.5. The molecule has 0 atom stereocenters. The highest BCUT2D eigenvalue weighted by Gasteiger charge is 2.12. The van der Waals surface area contributed by atoms with Gasteiger partial charge in [-0.15, -0.1) is 0 Å². The molecule has 0 radical (unpaired) electrons. The molecule has 0 aliphatic heterocycles. The van der Waals surface area contributed by atoms with Crippen LogP contribution in [0.5, 0.6) is 0 Å². The van der Waals surface area contributed by atoms with Gasteiger partial charge in [0, 0.05) is 11.8 Å². The van der Waals surface area contributed by atoms with Crippen molar-refractivity contribution in [1.82, 2.24) is 4.98 Å². The highest BCUT2D eigenvalue weighted by atomic mass is 19.2. The average molecular weight is 288 g/mol. The number of carbonyl (C=O) groups excluding carboxylic acids is 1. The minimum atomic E-state index is -1.13. The molecule has 2 aromatic rings. The molecule has 21 heavy (non-hydrogen) atoms. The lowest BCUT2D eigenvalue weighted by Crippen LogP contribution is -2.15. The Kier molecular flexibility index (Phi) is 4.59. The van der Waals surface area contributed by atoms with E-state index in [4.69, 9.17) is 5.11 Å². The minimum absolute atomic E-state index is 0.0354. The van der Waals surface area contributed by atoms with Crippen LogP contribution in [0.25, 0.3) is 0 Å². The maximum absolute atomic E-state index is 13.4. The van der Waals surface area contributed by atoms with Gasteiger partial charge in [0.1, 0.15) is 12.3 Å². The number of pyridine rings is 1. The first-order valence-electron chi connectivity index (χ1n) is 5.93. The second-order valence-electron chi connectivity index (χ2n) is 3.95. The fourth-order valence-electron chi connectivity index (χ4n) is 1.53. The highest BCUT2D eigenvalue weighted by molar-refractivity contribution is 6.02. The van der Waals surface area contributed by atoms with Crippen molar-refractivity contribution < 1.29 is 18.7 Å². The van der Waals surface area contributed by atoms with E-state index < -0.39 is 17.5 Å². The number of benzene rings is 1. The molecule has 0 aliphatic carbocycles. The lowest BCUT2D eigenvalue weighted by molar-refractivity contribution is 0.102. The summed E-state index contributed by atoms with van der Waals surface area (Å²) in [5.41, 5.74) is 0.302. The van der Waals surface area contributed by atoms with E-state index in [9.17, 15) is 13.6 Å². The Bertz CT molecular complexity index is 719. The highest BCUT2D eigenvalue weighted by Crippen LogP contribution is 2.17. The van der Waals surface area contributed by atoms with E-state index in [0.29, 0.717) is 5.56 Å². The summed E-state index contributed by atoms with van der Waals surface area (Å²) in [6, 6.07) is 6.42. The second kappa shape index (κ2) is 6.59. The second-order valence-corrected chi connectivity index (χ2v) is 3.95. The number of aromatic nitrogens is 1. The zero-order valence-electron chi connectivity index (χ0n) is 10.7. The molecule has 1 aromatic heterocycles.